The summed E-state index contributed by atoms with van der Waals surface area (Å²) in [5.74, 6) is 0.523. The number of hydrogen-bond acceptors (Lipinski definition) is 5. The normalized spacial score (nSPS) is 15.0. The van der Waals surface area contributed by atoms with Crippen LogP contribution < -0.4 is 10.5 Å². The number of carbonyl (C=O) groups is 1. The lowest BCUT2D eigenvalue weighted by molar-refractivity contribution is -0.113. The SMILES string of the molecule is Cc1c(N2C(=O)C(=Cc3ccc(-c4c(Cl)cccc4Cl)o3)SC2=S)c(=O)n(-c2ccccc2)n1C. The quantitative estimate of drug-likeness (QED) is 0.219. The number of thioether (sulfide) groups is 1. The molecule has 35 heavy (non-hydrogen) atoms. The van der Waals surface area contributed by atoms with Gasteiger partial charge in [-0.05, 0) is 43.3 Å². The van der Waals surface area contributed by atoms with E-state index in [0.717, 1.165) is 11.8 Å². The van der Waals surface area contributed by atoms with Crippen LogP contribution in [0.4, 0.5) is 5.69 Å². The Labute approximate surface area is 220 Å². The first-order chi connectivity index (χ1) is 16.8. The van der Waals surface area contributed by atoms with Gasteiger partial charge in [-0.2, -0.15) is 0 Å². The fourth-order valence-corrected chi connectivity index (χ4v) is 5.73. The zero-order chi connectivity index (χ0) is 24.9. The molecule has 1 aliphatic rings. The molecule has 2 aromatic carbocycles. The maximum atomic E-state index is 13.4. The predicted octanol–water partition coefficient (Wildman–Crippen LogP) is 6.46. The van der Waals surface area contributed by atoms with Gasteiger partial charge in [0.05, 0.1) is 31.9 Å². The first kappa shape index (κ1) is 23.7. The summed E-state index contributed by atoms with van der Waals surface area (Å²) in [5, 5.41) is 0.915. The number of thiocarbonyl (C=S) groups is 1. The zero-order valence-corrected chi connectivity index (χ0v) is 21.6. The number of anilines is 1. The Morgan fingerprint density at radius 3 is 2.34 bits per heavy atom. The molecule has 0 N–H and O–H groups in total. The van der Waals surface area contributed by atoms with Gasteiger partial charge in [0.15, 0.2) is 4.32 Å². The van der Waals surface area contributed by atoms with Crippen molar-refractivity contribution in [3.8, 4) is 17.0 Å². The predicted molar refractivity (Wildman–Crippen MR) is 146 cm³/mol. The van der Waals surface area contributed by atoms with E-state index in [9.17, 15) is 9.59 Å². The van der Waals surface area contributed by atoms with Gasteiger partial charge in [-0.25, -0.2) is 4.68 Å². The number of nitrogens with zero attached hydrogens (tertiary/aromatic N) is 3. The molecule has 10 heteroatoms. The van der Waals surface area contributed by atoms with Crippen LogP contribution in [-0.2, 0) is 11.8 Å². The van der Waals surface area contributed by atoms with Gasteiger partial charge in [0.2, 0.25) is 0 Å². The summed E-state index contributed by atoms with van der Waals surface area (Å²) in [7, 11) is 1.77. The van der Waals surface area contributed by atoms with E-state index in [1.807, 2.05) is 30.3 Å². The molecular weight excluding hydrogens is 525 g/mol. The van der Waals surface area contributed by atoms with Crippen molar-refractivity contribution in [1.82, 2.24) is 9.36 Å². The highest BCUT2D eigenvalue weighted by molar-refractivity contribution is 8.27. The standard InChI is InChI=1S/C25H17Cl2N3O3S2/c1-14-22(24(32)30(28(14)2)15-7-4-3-5-8-15)29-23(31)20(35-25(29)34)13-16-11-12-19(33-16)21-17(26)9-6-10-18(21)27/h3-13H,1-2H3. The van der Waals surface area contributed by atoms with Crippen molar-refractivity contribution < 1.29 is 9.21 Å². The van der Waals surface area contributed by atoms with Crippen LogP contribution in [0.5, 0.6) is 0 Å². The summed E-state index contributed by atoms with van der Waals surface area (Å²) in [6.07, 6.45) is 1.60. The second-order valence-corrected chi connectivity index (χ2v) is 10.2. The summed E-state index contributed by atoms with van der Waals surface area (Å²) in [4.78, 5) is 28.4. The molecule has 176 valence electrons. The fourth-order valence-electron chi connectivity index (χ4n) is 3.90. The number of aromatic nitrogens is 2. The lowest BCUT2D eigenvalue weighted by Crippen LogP contribution is -2.33. The van der Waals surface area contributed by atoms with Crippen molar-refractivity contribution in [2.45, 2.75) is 6.92 Å². The summed E-state index contributed by atoms with van der Waals surface area (Å²) >= 11 is 19.2. The molecule has 1 fully saturated rings. The van der Waals surface area contributed by atoms with E-state index in [4.69, 9.17) is 39.8 Å². The minimum Gasteiger partial charge on any atom is -0.457 e. The number of benzene rings is 2. The van der Waals surface area contributed by atoms with Gasteiger partial charge in [-0.1, -0.05) is 71.4 Å². The van der Waals surface area contributed by atoms with Crippen LogP contribution in [0.15, 0.2) is 74.8 Å². The van der Waals surface area contributed by atoms with Gasteiger partial charge in [0.25, 0.3) is 11.5 Å². The third kappa shape index (κ3) is 4.06. The Kier molecular flexibility index (Phi) is 6.23. The fraction of sp³-hybridized carbons (Fsp3) is 0.0800. The van der Waals surface area contributed by atoms with Crippen molar-refractivity contribution in [1.29, 1.82) is 0 Å². The average molecular weight is 542 g/mol. The Morgan fingerprint density at radius 1 is 0.971 bits per heavy atom. The van der Waals surface area contributed by atoms with E-state index in [-0.39, 0.29) is 21.5 Å². The molecule has 4 aromatic rings. The first-order valence-corrected chi connectivity index (χ1v) is 12.4. The van der Waals surface area contributed by atoms with Gasteiger partial charge >= 0.3 is 0 Å². The second-order valence-electron chi connectivity index (χ2n) is 7.73. The van der Waals surface area contributed by atoms with Crippen LogP contribution in [0.3, 0.4) is 0 Å². The van der Waals surface area contributed by atoms with Crippen LogP contribution >= 0.6 is 47.2 Å². The van der Waals surface area contributed by atoms with E-state index in [2.05, 4.69) is 0 Å². The van der Waals surface area contributed by atoms with E-state index >= 15 is 0 Å². The van der Waals surface area contributed by atoms with Crippen LogP contribution in [0, 0.1) is 6.92 Å². The highest BCUT2D eigenvalue weighted by Crippen LogP contribution is 2.39. The minimum atomic E-state index is -0.389. The molecular formula is C25H17Cl2N3O3S2. The molecule has 0 aliphatic carbocycles. The Morgan fingerprint density at radius 2 is 1.66 bits per heavy atom. The Balaban J connectivity index is 1.51. The molecule has 0 saturated carbocycles. The van der Waals surface area contributed by atoms with Crippen molar-refractivity contribution in [3.63, 3.8) is 0 Å². The lowest BCUT2D eigenvalue weighted by Gasteiger charge is -2.12. The number of rotatable bonds is 4. The molecule has 1 amide bonds. The maximum absolute atomic E-state index is 13.4. The molecule has 5 rings (SSSR count). The smallest absolute Gasteiger partial charge is 0.296 e. The average Bonchev–Trinajstić information content (AvgIpc) is 3.45. The molecule has 1 saturated heterocycles. The van der Waals surface area contributed by atoms with E-state index < -0.39 is 0 Å². The van der Waals surface area contributed by atoms with E-state index in [1.165, 1.54) is 9.58 Å². The molecule has 1 aliphatic heterocycles. The van der Waals surface area contributed by atoms with Gasteiger partial charge in [0.1, 0.15) is 17.2 Å². The number of halogens is 2. The molecule has 2 aromatic heterocycles. The third-order valence-corrected chi connectivity index (χ3v) is 7.58. The van der Waals surface area contributed by atoms with Crippen LogP contribution in [-0.4, -0.2) is 19.6 Å². The summed E-state index contributed by atoms with van der Waals surface area (Å²) in [6.45, 7) is 1.78. The van der Waals surface area contributed by atoms with E-state index in [0.29, 0.717) is 43.4 Å². The maximum Gasteiger partial charge on any atom is 0.296 e. The lowest BCUT2D eigenvalue weighted by atomic mass is 10.2. The Bertz CT molecular complexity index is 1560. The molecule has 0 bridgehead atoms. The Hall–Kier alpha value is -3.04. The number of carbonyl (C=O) groups excluding carboxylic acids is 1. The minimum absolute atomic E-state index is 0.227. The number of para-hydroxylation sites is 1. The van der Waals surface area contributed by atoms with E-state index in [1.54, 1.807) is 55.1 Å². The number of hydrogen-bond donors (Lipinski definition) is 0. The zero-order valence-electron chi connectivity index (χ0n) is 18.5. The highest BCUT2D eigenvalue weighted by Gasteiger charge is 2.38. The van der Waals surface area contributed by atoms with Gasteiger partial charge in [-0.15, -0.1) is 0 Å². The van der Waals surface area contributed by atoms with Crippen molar-refractivity contribution in [2.24, 2.45) is 7.05 Å². The highest BCUT2D eigenvalue weighted by atomic mass is 35.5. The molecule has 0 radical (unpaired) electrons. The first-order valence-electron chi connectivity index (χ1n) is 10.4. The largest absolute Gasteiger partial charge is 0.457 e. The molecule has 0 unspecified atom stereocenters. The van der Waals surface area contributed by atoms with Crippen LogP contribution in [0.1, 0.15) is 11.5 Å². The summed E-state index contributed by atoms with van der Waals surface area (Å²) < 4.78 is 9.40. The van der Waals surface area contributed by atoms with Crippen molar-refractivity contribution >= 4 is 69.2 Å². The number of amides is 1. The second kappa shape index (κ2) is 9.20. The molecule has 0 atom stereocenters. The topological polar surface area (TPSA) is 60.4 Å². The molecule has 6 nitrogen and oxygen atoms in total. The molecule has 0 spiro atoms. The van der Waals surface area contributed by atoms with Gasteiger partial charge < -0.3 is 4.42 Å². The number of furan rings is 1. The van der Waals surface area contributed by atoms with Crippen molar-refractivity contribution in [3.05, 3.63) is 97.4 Å². The third-order valence-electron chi connectivity index (χ3n) is 5.65. The monoisotopic (exact) mass is 541 g/mol. The van der Waals surface area contributed by atoms with Gasteiger partial charge in [-0.3, -0.25) is 19.2 Å². The van der Waals surface area contributed by atoms with Gasteiger partial charge in [0, 0.05) is 13.1 Å². The summed E-state index contributed by atoms with van der Waals surface area (Å²) in [6, 6.07) is 17.9. The molecule has 3 heterocycles. The van der Waals surface area contributed by atoms with Crippen LogP contribution in [0.25, 0.3) is 23.1 Å². The summed E-state index contributed by atoms with van der Waals surface area (Å²) in [5.41, 5.74) is 1.78. The van der Waals surface area contributed by atoms with Crippen LogP contribution in [0.2, 0.25) is 10.0 Å². The van der Waals surface area contributed by atoms with Crippen molar-refractivity contribution in [2.75, 3.05) is 4.90 Å².